The topological polar surface area (TPSA) is 60.4 Å². The first kappa shape index (κ1) is 20.4. The number of aliphatic hydroxyl groups excluding tert-OH is 1. The summed E-state index contributed by atoms with van der Waals surface area (Å²) in [7, 11) is 0. The molecular weight excluding hydrogens is 264 g/mol. The van der Waals surface area contributed by atoms with E-state index in [4.69, 9.17) is 5.11 Å². The van der Waals surface area contributed by atoms with Gasteiger partial charge >= 0.3 is 0 Å². The highest BCUT2D eigenvalue weighted by Gasteiger charge is 2.03. The van der Waals surface area contributed by atoms with Gasteiger partial charge in [-0.1, -0.05) is 96.8 Å². The Balaban J connectivity index is 3.04. The summed E-state index contributed by atoms with van der Waals surface area (Å²) in [5, 5.41) is 19.4. The lowest BCUT2D eigenvalue weighted by Gasteiger charge is -2.10. The van der Waals surface area contributed by atoms with Crippen LogP contribution in [0.4, 0.5) is 0 Å². The Morgan fingerprint density at radius 1 is 0.762 bits per heavy atom. The van der Waals surface area contributed by atoms with Crippen LogP contribution in [0.15, 0.2) is 0 Å². The Morgan fingerprint density at radius 3 is 1.43 bits per heavy atom. The highest BCUT2D eigenvalue weighted by Crippen LogP contribution is 2.13. The Kier molecular flexibility index (Phi) is 15.4. The number of unbranched alkanes of at least 4 members (excludes halogenated alkanes) is 13. The molecule has 1 unspecified atom stereocenters. The van der Waals surface area contributed by atoms with Crippen LogP contribution in [0.5, 0.6) is 0 Å². The summed E-state index contributed by atoms with van der Waals surface area (Å²) in [6.45, 7) is 2.26. The van der Waals surface area contributed by atoms with Gasteiger partial charge in [0.2, 0.25) is 0 Å². The van der Waals surface area contributed by atoms with E-state index in [2.05, 4.69) is 6.92 Å². The minimum atomic E-state index is -1.34. The van der Waals surface area contributed by atoms with E-state index >= 15 is 0 Å². The zero-order chi connectivity index (χ0) is 15.8. The largest absolute Gasteiger partial charge is 0.547 e. The van der Waals surface area contributed by atoms with E-state index in [0.29, 0.717) is 6.42 Å². The molecule has 1 N–H and O–H groups in total. The van der Waals surface area contributed by atoms with Crippen molar-refractivity contribution in [2.45, 2.75) is 109 Å². The quantitative estimate of drug-likeness (QED) is 0.439. The van der Waals surface area contributed by atoms with Gasteiger partial charge in [0.05, 0.1) is 12.1 Å². The molecule has 0 bridgehead atoms. The van der Waals surface area contributed by atoms with Crippen molar-refractivity contribution in [3.63, 3.8) is 0 Å². The van der Waals surface area contributed by atoms with Crippen molar-refractivity contribution >= 4 is 5.97 Å². The molecule has 0 aromatic rings. The fourth-order valence-corrected chi connectivity index (χ4v) is 2.65. The minimum Gasteiger partial charge on any atom is -0.547 e. The summed E-state index contributed by atoms with van der Waals surface area (Å²) >= 11 is 0. The van der Waals surface area contributed by atoms with E-state index in [1.54, 1.807) is 0 Å². The van der Waals surface area contributed by atoms with Crippen molar-refractivity contribution in [3.05, 3.63) is 0 Å². The molecule has 0 aromatic heterocycles. The maximum atomic E-state index is 10.3. The third kappa shape index (κ3) is 15.6. The number of hydrogen-bond donors (Lipinski definition) is 1. The number of carboxylic acid groups (broad SMARTS) is 1. The first-order valence-electron chi connectivity index (χ1n) is 9.07. The van der Waals surface area contributed by atoms with Gasteiger partial charge in [0, 0.05) is 0 Å². The van der Waals surface area contributed by atoms with E-state index in [9.17, 15) is 9.90 Å². The Bertz CT molecular complexity index is 229. The molecule has 0 rings (SSSR count). The fraction of sp³-hybridized carbons (Fsp3) is 0.944. The molecule has 0 saturated carbocycles. The predicted octanol–water partition coefficient (Wildman–Crippen LogP) is 3.97. The van der Waals surface area contributed by atoms with Gasteiger partial charge in [0.15, 0.2) is 0 Å². The molecule has 126 valence electrons. The van der Waals surface area contributed by atoms with Crippen LogP contribution in [-0.2, 0) is 4.79 Å². The van der Waals surface area contributed by atoms with Crippen LogP contribution in [0, 0.1) is 0 Å². The first-order valence-corrected chi connectivity index (χ1v) is 9.07. The second kappa shape index (κ2) is 15.8. The van der Waals surface area contributed by atoms with Crippen LogP contribution in [0.1, 0.15) is 103 Å². The number of hydrogen-bond acceptors (Lipinski definition) is 3. The van der Waals surface area contributed by atoms with Gasteiger partial charge in [-0.05, 0) is 6.42 Å². The number of aliphatic hydroxyl groups is 1. The average molecular weight is 299 g/mol. The van der Waals surface area contributed by atoms with Crippen LogP contribution in [0.25, 0.3) is 0 Å². The number of carbonyl (C=O) groups excluding carboxylic acids is 1. The molecule has 3 heteroatoms. The Hall–Kier alpha value is -0.570. The highest BCUT2D eigenvalue weighted by atomic mass is 16.4. The van der Waals surface area contributed by atoms with E-state index in [1.165, 1.54) is 70.6 Å². The van der Waals surface area contributed by atoms with Crippen LogP contribution in [-0.4, -0.2) is 17.2 Å². The molecular formula is C18H35O3-. The van der Waals surface area contributed by atoms with E-state index in [0.717, 1.165) is 19.3 Å². The van der Waals surface area contributed by atoms with Gasteiger partial charge < -0.3 is 15.0 Å². The second-order valence-corrected chi connectivity index (χ2v) is 6.22. The third-order valence-electron chi connectivity index (χ3n) is 4.10. The van der Waals surface area contributed by atoms with Crippen molar-refractivity contribution in [1.82, 2.24) is 0 Å². The fourth-order valence-electron chi connectivity index (χ4n) is 2.65. The Labute approximate surface area is 131 Å². The molecule has 0 aliphatic heterocycles. The first-order chi connectivity index (χ1) is 10.2. The van der Waals surface area contributed by atoms with Gasteiger partial charge in [-0.3, -0.25) is 0 Å². The van der Waals surface area contributed by atoms with Crippen molar-refractivity contribution in [1.29, 1.82) is 0 Å². The van der Waals surface area contributed by atoms with Gasteiger partial charge in [-0.25, -0.2) is 0 Å². The molecule has 0 amide bonds. The lowest BCUT2D eigenvalue weighted by Crippen LogP contribution is -2.35. The molecule has 0 fully saturated rings. The van der Waals surface area contributed by atoms with Crippen LogP contribution < -0.4 is 5.11 Å². The lowest BCUT2D eigenvalue weighted by molar-refractivity contribution is -0.315. The number of rotatable bonds is 16. The molecule has 0 aromatic carbocycles. The monoisotopic (exact) mass is 299 g/mol. The maximum absolute atomic E-state index is 10.3. The highest BCUT2D eigenvalue weighted by molar-refractivity contribution is 5.69. The van der Waals surface area contributed by atoms with Crippen molar-refractivity contribution in [2.24, 2.45) is 0 Å². The summed E-state index contributed by atoms with van der Waals surface area (Å²) in [5.41, 5.74) is 0. The van der Waals surface area contributed by atoms with Crippen LogP contribution in [0.2, 0.25) is 0 Å². The summed E-state index contributed by atoms with van der Waals surface area (Å²) in [6, 6.07) is 0. The molecule has 3 nitrogen and oxygen atoms in total. The third-order valence-corrected chi connectivity index (χ3v) is 4.10. The molecule has 1 atom stereocenters. The summed E-state index contributed by atoms with van der Waals surface area (Å²) in [4.78, 5) is 10.3. The van der Waals surface area contributed by atoms with Gasteiger partial charge in [0.1, 0.15) is 0 Å². The Morgan fingerprint density at radius 2 is 1.10 bits per heavy atom. The summed E-state index contributed by atoms with van der Waals surface area (Å²) in [6.07, 6.45) is 16.9. The van der Waals surface area contributed by atoms with Crippen molar-refractivity contribution < 1.29 is 15.0 Å². The average Bonchev–Trinajstić information content (AvgIpc) is 2.47. The van der Waals surface area contributed by atoms with Crippen LogP contribution >= 0.6 is 0 Å². The molecule has 21 heavy (non-hydrogen) atoms. The minimum absolute atomic E-state index is 0.334. The summed E-state index contributed by atoms with van der Waals surface area (Å²) in [5.74, 6) is -1.34. The van der Waals surface area contributed by atoms with Gasteiger partial charge in [0.25, 0.3) is 0 Å². The number of aliphatic carboxylic acids is 1. The van der Waals surface area contributed by atoms with Crippen LogP contribution in [0.3, 0.4) is 0 Å². The molecule has 0 radical (unpaired) electrons. The lowest BCUT2D eigenvalue weighted by atomic mass is 10.0. The molecule has 0 saturated heterocycles. The van der Waals surface area contributed by atoms with Crippen molar-refractivity contribution in [2.75, 3.05) is 0 Å². The standard InChI is InChI=1S/C18H36O3/c1-2-3-4-5-6-7-8-9-10-11-12-13-14-15-16-17(19)18(20)21/h17,19H,2-16H2,1H3,(H,20,21)/p-1. The predicted molar refractivity (Wildman–Crippen MR) is 85.9 cm³/mol. The molecule has 0 spiro atoms. The molecule has 0 heterocycles. The molecule has 0 aliphatic carbocycles. The summed E-state index contributed by atoms with van der Waals surface area (Å²) < 4.78 is 0. The number of carboxylic acids is 1. The van der Waals surface area contributed by atoms with Gasteiger partial charge in [-0.15, -0.1) is 0 Å². The van der Waals surface area contributed by atoms with Gasteiger partial charge in [-0.2, -0.15) is 0 Å². The maximum Gasteiger partial charge on any atom is 0.0933 e. The normalized spacial score (nSPS) is 12.5. The second-order valence-electron chi connectivity index (χ2n) is 6.22. The zero-order valence-electron chi connectivity index (χ0n) is 13.9. The molecule has 0 aliphatic rings. The van der Waals surface area contributed by atoms with Crippen molar-refractivity contribution in [3.8, 4) is 0 Å². The number of carbonyl (C=O) groups is 1. The van der Waals surface area contributed by atoms with E-state index in [-0.39, 0.29) is 0 Å². The smallest absolute Gasteiger partial charge is 0.0933 e. The SMILES string of the molecule is CCCCCCCCCCCCCCCCC(O)C(=O)[O-]. The van der Waals surface area contributed by atoms with E-state index < -0.39 is 12.1 Å². The van der Waals surface area contributed by atoms with E-state index in [1.807, 2.05) is 0 Å². The zero-order valence-corrected chi connectivity index (χ0v) is 13.9.